The number of hydrogen-bond acceptors (Lipinski definition) is 5. The SMILES string of the molecule is CC(C(=O)O)N1CCC(c2cccc3c2OC(C)(c2ccc(Cl)cn2)O3)CC1. The van der Waals surface area contributed by atoms with E-state index < -0.39 is 17.8 Å². The number of piperidine rings is 1. The molecule has 4 rings (SSSR count). The highest BCUT2D eigenvalue weighted by atomic mass is 35.5. The molecule has 2 aliphatic rings. The first kappa shape index (κ1) is 19.0. The molecule has 0 radical (unpaired) electrons. The van der Waals surface area contributed by atoms with Crippen LogP contribution in [0.25, 0.3) is 0 Å². The second-order valence-electron chi connectivity index (χ2n) is 7.51. The Labute approximate surface area is 169 Å². The first-order valence-electron chi connectivity index (χ1n) is 9.47. The third-order valence-corrected chi connectivity index (χ3v) is 5.90. The number of halogens is 1. The lowest BCUT2D eigenvalue weighted by Crippen LogP contribution is -2.43. The molecule has 6 nitrogen and oxygen atoms in total. The van der Waals surface area contributed by atoms with E-state index in [4.69, 9.17) is 21.1 Å². The normalized spacial score (nSPS) is 23.5. The summed E-state index contributed by atoms with van der Waals surface area (Å²) in [4.78, 5) is 17.6. The van der Waals surface area contributed by atoms with Crippen molar-refractivity contribution >= 4 is 17.6 Å². The zero-order valence-electron chi connectivity index (χ0n) is 15.9. The monoisotopic (exact) mass is 402 g/mol. The number of likely N-dealkylation sites (tertiary alicyclic amines) is 1. The van der Waals surface area contributed by atoms with Crippen molar-refractivity contribution in [3.05, 3.63) is 52.8 Å². The first-order valence-corrected chi connectivity index (χ1v) is 9.85. The van der Waals surface area contributed by atoms with Crippen LogP contribution in [0, 0.1) is 0 Å². The van der Waals surface area contributed by atoms with Crippen LogP contribution in [0.5, 0.6) is 11.5 Å². The Hall–Kier alpha value is -2.31. The fraction of sp³-hybridized carbons (Fsp3) is 0.429. The molecule has 1 N–H and O–H groups in total. The summed E-state index contributed by atoms with van der Waals surface area (Å²) in [5.74, 6) is -0.00966. The quantitative estimate of drug-likeness (QED) is 0.832. The van der Waals surface area contributed by atoms with Gasteiger partial charge in [-0.05, 0) is 57.0 Å². The van der Waals surface area contributed by atoms with Gasteiger partial charge in [0.2, 0.25) is 0 Å². The van der Waals surface area contributed by atoms with Crippen molar-refractivity contribution in [3.8, 4) is 11.5 Å². The summed E-state index contributed by atoms with van der Waals surface area (Å²) in [5, 5.41) is 9.80. The second kappa shape index (κ2) is 7.26. The van der Waals surface area contributed by atoms with E-state index in [2.05, 4.69) is 11.1 Å². The number of nitrogens with zero attached hydrogens (tertiary/aromatic N) is 2. The van der Waals surface area contributed by atoms with Crippen LogP contribution in [0.3, 0.4) is 0 Å². The molecule has 1 saturated heterocycles. The molecule has 28 heavy (non-hydrogen) atoms. The summed E-state index contributed by atoms with van der Waals surface area (Å²) in [5.41, 5.74) is 1.77. The number of rotatable bonds is 4. The van der Waals surface area contributed by atoms with E-state index in [1.807, 2.05) is 24.0 Å². The number of fused-ring (bicyclic) bond motifs is 1. The summed E-state index contributed by atoms with van der Waals surface area (Å²) >= 11 is 5.95. The Morgan fingerprint density at radius 2 is 2.04 bits per heavy atom. The van der Waals surface area contributed by atoms with Gasteiger partial charge in [0.15, 0.2) is 11.5 Å². The number of carboxylic acids is 1. The van der Waals surface area contributed by atoms with Gasteiger partial charge in [-0.15, -0.1) is 0 Å². The van der Waals surface area contributed by atoms with Crippen molar-refractivity contribution < 1.29 is 19.4 Å². The molecule has 0 saturated carbocycles. The lowest BCUT2D eigenvalue weighted by atomic mass is 9.88. The second-order valence-corrected chi connectivity index (χ2v) is 7.95. The highest BCUT2D eigenvalue weighted by Gasteiger charge is 2.42. The molecule has 0 bridgehead atoms. The number of hydrogen-bond donors (Lipinski definition) is 1. The molecule has 0 spiro atoms. The summed E-state index contributed by atoms with van der Waals surface area (Å²) < 4.78 is 12.4. The lowest BCUT2D eigenvalue weighted by molar-refractivity contribution is -0.143. The maximum absolute atomic E-state index is 11.2. The van der Waals surface area contributed by atoms with Crippen molar-refractivity contribution in [1.29, 1.82) is 0 Å². The van der Waals surface area contributed by atoms with Crippen LogP contribution < -0.4 is 9.47 Å². The molecular formula is C21H23ClN2O4. The molecule has 1 aromatic heterocycles. The van der Waals surface area contributed by atoms with Crippen LogP contribution in [-0.2, 0) is 10.6 Å². The largest absolute Gasteiger partial charge is 0.480 e. The minimum Gasteiger partial charge on any atom is -0.480 e. The van der Waals surface area contributed by atoms with Crippen LogP contribution in [0.1, 0.15) is 43.9 Å². The van der Waals surface area contributed by atoms with Gasteiger partial charge in [-0.3, -0.25) is 14.7 Å². The molecule has 0 aliphatic carbocycles. The van der Waals surface area contributed by atoms with E-state index in [1.54, 1.807) is 25.3 Å². The van der Waals surface area contributed by atoms with E-state index in [1.165, 1.54) is 0 Å². The molecule has 1 fully saturated rings. The van der Waals surface area contributed by atoms with Gasteiger partial charge in [-0.2, -0.15) is 0 Å². The van der Waals surface area contributed by atoms with Crippen LogP contribution >= 0.6 is 11.6 Å². The number of aliphatic carboxylic acids is 1. The molecule has 7 heteroatoms. The standard InChI is InChI=1S/C21H23ClN2O4/c1-13(20(25)26)24-10-8-14(9-11-24)16-4-3-5-17-19(16)28-21(2,27-17)18-7-6-15(22)12-23-18/h3-7,12-14H,8-11H2,1-2H3,(H,25,26). The lowest BCUT2D eigenvalue weighted by Gasteiger charge is -2.34. The summed E-state index contributed by atoms with van der Waals surface area (Å²) in [6, 6.07) is 9.07. The molecule has 3 heterocycles. The van der Waals surface area contributed by atoms with Gasteiger partial charge in [0.05, 0.1) is 5.02 Å². The third kappa shape index (κ3) is 3.42. The Bertz CT molecular complexity index is 880. The summed E-state index contributed by atoms with van der Waals surface area (Å²) in [7, 11) is 0. The number of ether oxygens (including phenoxy) is 2. The Morgan fingerprint density at radius 1 is 1.29 bits per heavy atom. The highest BCUT2D eigenvalue weighted by Crippen LogP contribution is 2.49. The van der Waals surface area contributed by atoms with Crippen LogP contribution in [-0.4, -0.2) is 40.1 Å². The van der Waals surface area contributed by atoms with E-state index >= 15 is 0 Å². The van der Waals surface area contributed by atoms with Gasteiger partial charge in [-0.1, -0.05) is 23.7 Å². The number of pyridine rings is 1. The third-order valence-electron chi connectivity index (χ3n) is 5.68. The molecule has 2 aliphatic heterocycles. The van der Waals surface area contributed by atoms with Crippen molar-refractivity contribution in [2.75, 3.05) is 13.1 Å². The average molecular weight is 403 g/mol. The first-order chi connectivity index (χ1) is 13.4. The van der Waals surface area contributed by atoms with E-state index in [0.717, 1.165) is 37.2 Å². The number of para-hydroxylation sites is 1. The van der Waals surface area contributed by atoms with E-state index in [9.17, 15) is 9.90 Å². The van der Waals surface area contributed by atoms with Gasteiger partial charge in [0.1, 0.15) is 11.7 Å². The van der Waals surface area contributed by atoms with Gasteiger partial charge in [0.25, 0.3) is 5.79 Å². The fourth-order valence-electron chi connectivity index (χ4n) is 3.97. The molecule has 1 aromatic carbocycles. The number of benzene rings is 1. The smallest absolute Gasteiger partial charge is 0.320 e. The van der Waals surface area contributed by atoms with Crippen LogP contribution in [0.4, 0.5) is 0 Å². The van der Waals surface area contributed by atoms with Crippen LogP contribution in [0.2, 0.25) is 5.02 Å². The number of carboxylic acid groups (broad SMARTS) is 1. The molecule has 0 amide bonds. The minimum atomic E-state index is -0.998. The molecular weight excluding hydrogens is 380 g/mol. The van der Waals surface area contributed by atoms with Gasteiger partial charge >= 0.3 is 5.97 Å². The van der Waals surface area contributed by atoms with Gasteiger partial charge < -0.3 is 14.6 Å². The highest BCUT2D eigenvalue weighted by molar-refractivity contribution is 6.30. The molecule has 148 valence electrons. The van der Waals surface area contributed by atoms with Gasteiger partial charge in [-0.25, -0.2) is 0 Å². The predicted molar refractivity (Wildman–Crippen MR) is 105 cm³/mol. The number of carbonyl (C=O) groups is 1. The molecule has 2 unspecified atom stereocenters. The van der Waals surface area contributed by atoms with E-state index in [0.29, 0.717) is 22.4 Å². The Balaban J connectivity index is 1.54. The fourth-order valence-corrected chi connectivity index (χ4v) is 4.08. The average Bonchev–Trinajstić information content (AvgIpc) is 3.05. The topological polar surface area (TPSA) is 71.9 Å². The zero-order chi connectivity index (χ0) is 19.9. The summed E-state index contributed by atoms with van der Waals surface area (Å²) in [6.45, 7) is 5.09. The van der Waals surface area contributed by atoms with Crippen molar-refractivity contribution in [2.45, 2.75) is 44.4 Å². The minimum absolute atomic E-state index is 0.302. The summed E-state index contributed by atoms with van der Waals surface area (Å²) in [6.07, 6.45) is 3.35. The van der Waals surface area contributed by atoms with Crippen LogP contribution in [0.15, 0.2) is 36.5 Å². The van der Waals surface area contributed by atoms with Gasteiger partial charge in [0, 0.05) is 18.7 Å². The van der Waals surface area contributed by atoms with Crippen molar-refractivity contribution in [2.24, 2.45) is 0 Å². The van der Waals surface area contributed by atoms with Crippen molar-refractivity contribution in [1.82, 2.24) is 9.88 Å². The Morgan fingerprint density at radius 3 is 2.68 bits per heavy atom. The van der Waals surface area contributed by atoms with Crippen molar-refractivity contribution in [3.63, 3.8) is 0 Å². The number of aromatic nitrogens is 1. The van der Waals surface area contributed by atoms with E-state index in [-0.39, 0.29) is 0 Å². The zero-order valence-corrected chi connectivity index (χ0v) is 16.6. The maximum Gasteiger partial charge on any atom is 0.320 e. The molecule has 2 aromatic rings. The predicted octanol–water partition coefficient (Wildman–Crippen LogP) is 4.03. The Kier molecular flexibility index (Phi) is 4.93. The molecule has 2 atom stereocenters. The maximum atomic E-state index is 11.2.